The number of rotatable bonds is 8. The van der Waals surface area contributed by atoms with Crippen LogP contribution in [0.3, 0.4) is 0 Å². The van der Waals surface area contributed by atoms with Gasteiger partial charge in [0, 0.05) is 12.8 Å². The number of carbonyl (C=O) groups excluding carboxylic acids is 1. The maximum Gasteiger partial charge on any atom is 0.132 e. The van der Waals surface area contributed by atoms with E-state index in [1.807, 2.05) is 60.7 Å². The molecule has 0 heterocycles. The van der Waals surface area contributed by atoms with Crippen molar-refractivity contribution < 1.29 is 14.6 Å². The third-order valence-corrected chi connectivity index (χ3v) is 3.51. The highest BCUT2D eigenvalue weighted by atomic mass is 16.5. The van der Waals surface area contributed by atoms with E-state index in [4.69, 9.17) is 4.74 Å². The van der Waals surface area contributed by atoms with E-state index >= 15 is 0 Å². The number of ketones is 1. The zero-order valence-electron chi connectivity index (χ0n) is 12.8. The molecule has 22 heavy (non-hydrogen) atoms. The zero-order valence-corrected chi connectivity index (χ0v) is 12.8. The minimum Gasteiger partial charge on any atom is -0.390 e. The third kappa shape index (κ3) is 5.43. The third-order valence-electron chi connectivity index (χ3n) is 3.51. The standard InChI is InChI=1S/C19H22O3/c1-15(20)12-18(21)19(13-16-8-4-2-5-9-16)22-14-17-10-6-3-7-11-17/h2-11,18-19,21H,12-14H2,1H3/t18-,19+/m0/s1. The number of carbonyl (C=O) groups is 1. The van der Waals surface area contributed by atoms with Crippen LogP contribution in [0.25, 0.3) is 0 Å². The van der Waals surface area contributed by atoms with Gasteiger partial charge in [-0.15, -0.1) is 0 Å². The van der Waals surface area contributed by atoms with Crippen molar-refractivity contribution in [3.8, 4) is 0 Å². The number of benzene rings is 2. The molecule has 3 heteroatoms. The first-order valence-corrected chi connectivity index (χ1v) is 7.52. The van der Waals surface area contributed by atoms with Gasteiger partial charge >= 0.3 is 0 Å². The van der Waals surface area contributed by atoms with E-state index < -0.39 is 12.2 Å². The molecule has 0 radical (unpaired) electrons. The summed E-state index contributed by atoms with van der Waals surface area (Å²) in [7, 11) is 0. The van der Waals surface area contributed by atoms with Gasteiger partial charge in [0.2, 0.25) is 0 Å². The van der Waals surface area contributed by atoms with Crippen LogP contribution in [-0.4, -0.2) is 23.1 Å². The average molecular weight is 298 g/mol. The van der Waals surface area contributed by atoms with E-state index in [0.29, 0.717) is 13.0 Å². The van der Waals surface area contributed by atoms with E-state index in [2.05, 4.69) is 0 Å². The van der Waals surface area contributed by atoms with Crippen molar-refractivity contribution in [1.29, 1.82) is 0 Å². The molecule has 0 aliphatic rings. The Hall–Kier alpha value is -1.97. The molecule has 0 unspecified atom stereocenters. The first kappa shape index (κ1) is 16.4. The molecular weight excluding hydrogens is 276 g/mol. The maximum atomic E-state index is 11.3. The molecule has 3 nitrogen and oxygen atoms in total. The Kier molecular flexibility index (Phi) is 6.31. The van der Waals surface area contributed by atoms with Crippen LogP contribution in [0.4, 0.5) is 0 Å². The topological polar surface area (TPSA) is 46.5 Å². The second kappa shape index (κ2) is 8.47. The average Bonchev–Trinajstić information content (AvgIpc) is 2.52. The smallest absolute Gasteiger partial charge is 0.132 e. The monoisotopic (exact) mass is 298 g/mol. The first-order chi connectivity index (χ1) is 10.6. The van der Waals surface area contributed by atoms with Crippen molar-refractivity contribution in [3.63, 3.8) is 0 Å². The molecule has 2 aromatic rings. The van der Waals surface area contributed by atoms with E-state index in [-0.39, 0.29) is 12.2 Å². The zero-order chi connectivity index (χ0) is 15.8. The molecule has 0 aromatic heterocycles. The predicted molar refractivity (Wildman–Crippen MR) is 86.5 cm³/mol. The minimum atomic E-state index is -0.790. The molecule has 2 rings (SSSR count). The molecule has 0 fully saturated rings. The van der Waals surface area contributed by atoms with Gasteiger partial charge in [0.05, 0.1) is 18.8 Å². The lowest BCUT2D eigenvalue weighted by Gasteiger charge is -2.23. The largest absolute Gasteiger partial charge is 0.390 e. The quantitative estimate of drug-likeness (QED) is 0.814. The molecule has 0 spiro atoms. The summed E-state index contributed by atoms with van der Waals surface area (Å²) < 4.78 is 5.89. The Morgan fingerprint density at radius 3 is 2.09 bits per heavy atom. The summed E-state index contributed by atoms with van der Waals surface area (Å²) in [6, 6.07) is 19.7. The van der Waals surface area contributed by atoms with Crippen molar-refractivity contribution in [2.24, 2.45) is 0 Å². The van der Waals surface area contributed by atoms with Crippen LogP contribution in [0.5, 0.6) is 0 Å². The van der Waals surface area contributed by atoms with Crippen molar-refractivity contribution >= 4 is 5.78 Å². The molecule has 0 saturated carbocycles. The second-order valence-electron chi connectivity index (χ2n) is 5.50. The van der Waals surface area contributed by atoms with Gasteiger partial charge in [-0.05, 0) is 18.1 Å². The van der Waals surface area contributed by atoms with Crippen molar-refractivity contribution in [2.75, 3.05) is 0 Å². The Morgan fingerprint density at radius 2 is 1.55 bits per heavy atom. The van der Waals surface area contributed by atoms with Gasteiger partial charge in [0.1, 0.15) is 5.78 Å². The molecule has 0 amide bonds. The van der Waals surface area contributed by atoms with E-state index in [0.717, 1.165) is 11.1 Å². The number of aliphatic hydroxyl groups excluding tert-OH is 1. The summed E-state index contributed by atoms with van der Waals surface area (Å²) in [4.78, 5) is 11.3. The number of ether oxygens (including phenoxy) is 1. The number of aliphatic hydroxyl groups is 1. The molecule has 2 atom stereocenters. The van der Waals surface area contributed by atoms with Crippen LogP contribution in [0, 0.1) is 0 Å². The highest BCUT2D eigenvalue weighted by molar-refractivity contribution is 5.76. The fraction of sp³-hybridized carbons (Fsp3) is 0.316. The van der Waals surface area contributed by atoms with Gasteiger partial charge < -0.3 is 9.84 Å². The number of Topliss-reactive ketones (excluding diaryl/α,β-unsaturated/α-hetero) is 1. The Labute approximate surface area is 131 Å². The summed E-state index contributed by atoms with van der Waals surface area (Å²) >= 11 is 0. The fourth-order valence-electron chi connectivity index (χ4n) is 2.36. The van der Waals surface area contributed by atoms with Crippen LogP contribution in [0.15, 0.2) is 60.7 Å². The lowest BCUT2D eigenvalue weighted by molar-refractivity contribution is -0.122. The van der Waals surface area contributed by atoms with Crippen LogP contribution >= 0.6 is 0 Å². The Morgan fingerprint density at radius 1 is 1.00 bits per heavy atom. The van der Waals surface area contributed by atoms with E-state index in [1.54, 1.807) is 0 Å². The molecule has 116 valence electrons. The minimum absolute atomic E-state index is 0.0335. The summed E-state index contributed by atoms with van der Waals surface area (Å²) in [5, 5.41) is 10.3. The van der Waals surface area contributed by atoms with Gasteiger partial charge in [0.15, 0.2) is 0 Å². The second-order valence-corrected chi connectivity index (χ2v) is 5.50. The lowest BCUT2D eigenvalue weighted by atomic mass is 10.0. The number of hydrogen-bond acceptors (Lipinski definition) is 3. The first-order valence-electron chi connectivity index (χ1n) is 7.52. The summed E-state index contributed by atoms with van der Waals surface area (Å²) in [5.41, 5.74) is 2.14. The van der Waals surface area contributed by atoms with Gasteiger partial charge in [-0.3, -0.25) is 4.79 Å². The summed E-state index contributed by atoms with van der Waals surface area (Å²) in [6.45, 7) is 1.91. The van der Waals surface area contributed by atoms with Gasteiger partial charge in [-0.25, -0.2) is 0 Å². The van der Waals surface area contributed by atoms with Crippen LogP contribution < -0.4 is 0 Å². The highest BCUT2D eigenvalue weighted by Gasteiger charge is 2.22. The molecular formula is C19H22O3. The van der Waals surface area contributed by atoms with Gasteiger partial charge in [-0.1, -0.05) is 60.7 Å². The van der Waals surface area contributed by atoms with Crippen molar-refractivity contribution in [2.45, 2.75) is 38.6 Å². The molecule has 2 aromatic carbocycles. The van der Waals surface area contributed by atoms with E-state index in [1.165, 1.54) is 6.92 Å². The normalized spacial score (nSPS) is 13.5. The molecule has 0 aliphatic carbocycles. The SMILES string of the molecule is CC(=O)C[C@H](O)[C@@H](Cc1ccccc1)OCc1ccccc1. The maximum absolute atomic E-state index is 11.3. The lowest BCUT2D eigenvalue weighted by Crippen LogP contribution is -2.32. The summed E-state index contributed by atoms with van der Waals surface area (Å²) in [5.74, 6) is -0.0335. The van der Waals surface area contributed by atoms with Crippen LogP contribution in [-0.2, 0) is 22.6 Å². The molecule has 0 saturated heterocycles. The Bertz CT molecular complexity index is 566. The van der Waals surface area contributed by atoms with E-state index in [9.17, 15) is 9.90 Å². The Balaban J connectivity index is 2.02. The van der Waals surface area contributed by atoms with Crippen LogP contribution in [0.2, 0.25) is 0 Å². The van der Waals surface area contributed by atoms with Crippen LogP contribution in [0.1, 0.15) is 24.5 Å². The fourth-order valence-corrected chi connectivity index (χ4v) is 2.36. The number of hydrogen-bond donors (Lipinski definition) is 1. The highest BCUT2D eigenvalue weighted by Crippen LogP contribution is 2.14. The molecule has 1 N–H and O–H groups in total. The van der Waals surface area contributed by atoms with Crippen molar-refractivity contribution in [1.82, 2.24) is 0 Å². The molecule has 0 aliphatic heterocycles. The summed E-state index contributed by atoms with van der Waals surface area (Å²) in [6.07, 6.45) is -0.484. The molecule has 0 bridgehead atoms. The van der Waals surface area contributed by atoms with Gasteiger partial charge in [0.25, 0.3) is 0 Å². The van der Waals surface area contributed by atoms with Crippen molar-refractivity contribution in [3.05, 3.63) is 71.8 Å². The predicted octanol–water partition coefficient (Wildman–Crippen LogP) is 3.15. The van der Waals surface area contributed by atoms with Gasteiger partial charge in [-0.2, -0.15) is 0 Å².